The van der Waals surface area contributed by atoms with Crippen molar-refractivity contribution in [3.8, 4) is 0 Å². The van der Waals surface area contributed by atoms with Gasteiger partial charge in [0.2, 0.25) is 0 Å². The quantitative estimate of drug-likeness (QED) is 0.345. The fraction of sp³-hybridized carbons (Fsp3) is 0. The first-order valence-electron chi connectivity index (χ1n) is 1.31. The van der Waals surface area contributed by atoms with Gasteiger partial charge in [0.25, 0.3) is 7.14 Å². The zero-order valence-electron chi connectivity index (χ0n) is 3.03. The van der Waals surface area contributed by atoms with Crippen molar-refractivity contribution < 1.29 is 14.4 Å². The van der Waals surface area contributed by atoms with Crippen molar-refractivity contribution in [3.63, 3.8) is 0 Å². The van der Waals surface area contributed by atoms with Gasteiger partial charge in [0.05, 0.1) is 0 Å². The summed E-state index contributed by atoms with van der Waals surface area (Å²) in [5.41, 5.74) is 0. The maximum Gasteiger partial charge on any atom is 0.285 e. The molecule has 0 bridgehead atoms. The molecule has 3 nitrogen and oxygen atoms in total. The Morgan fingerprint density at radius 1 is 1.67 bits per heavy atom. The third kappa shape index (κ3) is 4.37. The summed E-state index contributed by atoms with van der Waals surface area (Å²) in [6.45, 7) is 4.68. The van der Waals surface area contributed by atoms with Gasteiger partial charge in [-0.15, -0.1) is 0 Å². The van der Waals surface area contributed by atoms with Crippen LogP contribution in [-0.2, 0) is 4.57 Å². The highest BCUT2D eigenvalue weighted by molar-refractivity contribution is 7.82. The predicted octanol–water partition coefficient (Wildman–Crippen LogP) is -1.08. The van der Waals surface area contributed by atoms with E-state index < -0.39 is 16.3 Å². The van der Waals surface area contributed by atoms with Crippen LogP contribution in [0.15, 0.2) is 0 Å². The maximum atomic E-state index is 9.63. The second kappa shape index (κ2) is 1.89. The Hall–Kier alpha value is 0.367. The van der Waals surface area contributed by atoms with Crippen LogP contribution in [-0.4, -0.2) is 19.0 Å². The minimum Gasteiger partial charge on any atom is -0.329 e. The molecule has 0 fully saturated rings. The van der Waals surface area contributed by atoms with Gasteiger partial charge in [0.15, 0.2) is 9.19 Å². The smallest absolute Gasteiger partial charge is 0.285 e. The Balaban J connectivity index is 3.48. The van der Waals surface area contributed by atoms with E-state index >= 15 is 0 Å². The maximum absolute atomic E-state index is 9.63. The van der Waals surface area contributed by atoms with Gasteiger partial charge < -0.3 is 9.79 Å². The zero-order chi connectivity index (χ0) is 5.21. The van der Waals surface area contributed by atoms with Gasteiger partial charge in [-0.25, -0.2) is 0 Å². The van der Waals surface area contributed by atoms with Crippen molar-refractivity contribution in [3.05, 3.63) is 6.55 Å². The van der Waals surface area contributed by atoms with Crippen molar-refractivity contribution in [1.29, 1.82) is 0 Å². The Labute approximate surface area is 38.2 Å². The molecule has 0 aromatic heterocycles. The summed E-state index contributed by atoms with van der Waals surface area (Å²) in [5.74, 6) is 0. The lowest BCUT2D eigenvalue weighted by atomic mass is 11.9. The first-order valence-corrected chi connectivity index (χ1v) is 5.82. The molecule has 0 aliphatic heterocycles. The molecule has 0 spiro atoms. The molecule has 0 aromatic carbocycles. The van der Waals surface area contributed by atoms with E-state index in [1.165, 1.54) is 0 Å². The van der Waals surface area contributed by atoms with E-state index in [2.05, 4.69) is 6.55 Å². The lowest BCUT2D eigenvalue weighted by Gasteiger charge is -1.92. The molecule has 0 rings (SSSR count). The standard InChI is InChI=1S/CH5O3PSi/c1-6-5(2,3)4/h1H,6H2,(H2,2,3,4). The third-order valence-corrected chi connectivity index (χ3v) is 2.14. The van der Waals surface area contributed by atoms with Crippen LogP contribution in [0.5, 0.6) is 0 Å². The van der Waals surface area contributed by atoms with Crippen LogP contribution in [0.25, 0.3) is 0 Å². The van der Waals surface area contributed by atoms with Crippen molar-refractivity contribution in [2.75, 3.05) is 0 Å². The van der Waals surface area contributed by atoms with E-state index in [-0.39, 0.29) is 0 Å². The van der Waals surface area contributed by atoms with Crippen LogP contribution in [0.1, 0.15) is 0 Å². The average molecular weight is 124 g/mol. The molecular formula is CH5O3PSi. The van der Waals surface area contributed by atoms with E-state index in [0.29, 0.717) is 0 Å². The van der Waals surface area contributed by atoms with Gasteiger partial charge in [-0.2, -0.15) is 0 Å². The summed E-state index contributed by atoms with van der Waals surface area (Å²) >= 11 is 0. The zero-order valence-corrected chi connectivity index (χ0v) is 5.34. The first-order chi connectivity index (χ1) is 2.56. The van der Waals surface area contributed by atoms with Gasteiger partial charge in [0, 0.05) is 0 Å². The number of hydrogen-bond donors (Lipinski definition) is 2. The molecule has 0 aromatic rings. The average Bonchev–Trinajstić information content (AvgIpc) is 1.35. The van der Waals surface area contributed by atoms with Crippen molar-refractivity contribution in [1.82, 2.24) is 0 Å². The van der Waals surface area contributed by atoms with Crippen LogP contribution >= 0.6 is 7.14 Å². The lowest BCUT2D eigenvalue weighted by molar-refractivity contribution is 0.394. The molecule has 0 unspecified atom stereocenters. The van der Waals surface area contributed by atoms with Crippen LogP contribution in [0, 0.1) is 6.55 Å². The van der Waals surface area contributed by atoms with Crippen LogP contribution in [0.4, 0.5) is 0 Å². The SMILES string of the molecule is [CH][SiH2]P(=O)(O)O. The van der Waals surface area contributed by atoms with E-state index in [9.17, 15) is 4.57 Å². The minimum absolute atomic E-state index is 1.58. The third-order valence-electron chi connectivity index (χ3n) is 0.238. The van der Waals surface area contributed by atoms with E-state index in [0.717, 1.165) is 0 Å². The molecule has 0 saturated heterocycles. The summed E-state index contributed by atoms with van der Waals surface area (Å²) in [5, 5.41) is 0. The summed E-state index contributed by atoms with van der Waals surface area (Å²) in [6.07, 6.45) is 0. The Bertz CT molecular complexity index is 74.9. The molecule has 5 heteroatoms. The van der Waals surface area contributed by atoms with Crippen LogP contribution < -0.4 is 0 Å². The first kappa shape index (κ1) is 6.37. The molecule has 0 atom stereocenters. The van der Waals surface area contributed by atoms with E-state index in [1.807, 2.05) is 0 Å². The highest BCUT2D eigenvalue weighted by Crippen LogP contribution is 2.29. The van der Waals surface area contributed by atoms with E-state index in [1.54, 1.807) is 0 Å². The van der Waals surface area contributed by atoms with Crippen molar-refractivity contribution in [2.24, 2.45) is 0 Å². The summed E-state index contributed by atoms with van der Waals surface area (Å²) in [4.78, 5) is 15.7. The molecule has 0 aliphatic carbocycles. The number of rotatable bonds is 1. The minimum atomic E-state index is -3.73. The topological polar surface area (TPSA) is 57.5 Å². The van der Waals surface area contributed by atoms with Gasteiger partial charge in [-0.1, -0.05) is 0 Å². The Morgan fingerprint density at radius 2 is 1.83 bits per heavy atom. The summed E-state index contributed by atoms with van der Waals surface area (Å²) in [7, 11) is -5.31. The van der Waals surface area contributed by atoms with Crippen molar-refractivity contribution >= 4 is 16.3 Å². The predicted molar refractivity (Wildman–Crippen MR) is 24.9 cm³/mol. The van der Waals surface area contributed by atoms with Crippen LogP contribution in [0.3, 0.4) is 0 Å². The molecule has 0 aliphatic rings. The van der Waals surface area contributed by atoms with Gasteiger partial charge in [0.1, 0.15) is 0 Å². The highest BCUT2D eigenvalue weighted by atomic mass is 31.4. The molecular weight excluding hydrogens is 119 g/mol. The molecule has 0 heterocycles. The molecule has 36 valence electrons. The fourth-order valence-electron chi connectivity index (χ4n) is 0. The van der Waals surface area contributed by atoms with Gasteiger partial charge >= 0.3 is 0 Å². The van der Waals surface area contributed by atoms with Gasteiger partial charge in [-0.3, -0.25) is 4.57 Å². The van der Waals surface area contributed by atoms with Gasteiger partial charge in [-0.05, 0) is 6.55 Å². The summed E-state index contributed by atoms with van der Waals surface area (Å²) < 4.78 is 9.63. The second-order valence-corrected chi connectivity index (χ2v) is 6.11. The Morgan fingerprint density at radius 3 is 1.83 bits per heavy atom. The van der Waals surface area contributed by atoms with E-state index in [4.69, 9.17) is 9.79 Å². The fourth-order valence-corrected chi connectivity index (χ4v) is 0. The highest BCUT2D eigenvalue weighted by Gasteiger charge is 2.05. The number of hydrogen-bond acceptors (Lipinski definition) is 1. The van der Waals surface area contributed by atoms with Crippen LogP contribution in [0.2, 0.25) is 0 Å². The molecule has 2 N–H and O–H groups in total. The molecule has 2 radical (unpaired) electrons. The second-order valence-electron chi connectivity index (χ2n) is 0.847. The molecule has 0 amide bonds. The normalized spacial score (nSPS) is 13.8. The molecule has 6 heavy (non-hydrogen) atoms. The lowest BCUT2D eigenvalue weighted by Crippen LogP contribution is -1.82. The summed E-state index contributed by atoms with van der Waals surface area (Å²) in [6, 6.07) is 0. The molecule has 0 saturated carbocycles. The van der Waals surface area contributed by atoms with Crippen molar-refractivity contribution in [2.45, 2.75) is 0 Å². The largest absolute Gasteiger partial charge is 0.329 e. The monoisotopic (exact) mass is 124 g/mol. The Kier molecular flexibility index (Phi) is 2.00.